The molecule has 0 saturated carbocycles. The monoisotopic (exact) mass is 508 g/mol. The Bertz CT molecular complexity index is 1480. The number of hydrogen-bond acceptors (Lipinski definition) is 2. The molecule has 4 heteroatoms. The highest BCUT2D eigenvalue weighted by Crippen LogP contribution is 2.37. The van der Waals surface area contributed by atoms with E-state index < -0.39 is 5.60 Å². The second kappa shape index (κ2) is 9.89. The molecule has 1 heterocycles. The Morgan fingerprint density at radius 2 is 1.57 bits per heavy atom. The highest BCUT2D eigenvalue weighted by Gasteiger charge is 2.34. The lowest BCUT2D eigenvalue weighted by molar-refractivity contribution is 0.0855. The standard InChI is InChI=1S/C33H39BNOS/c1-10-12-26-22(11-2)13-19-27-28-21-24(34-36-32(6,7)33(8,9)37)16-20-29(28)35(30(26)27)25-17-14-23(15-18-25)31(3,4)5/h10-21,37H,2H2,1,3-9H3/b12-10-. The molecule has 0 atom stereocenters. The van der Waals surface area contributed by atoms with Crippen LogP contribution < -0.4 is 5.46 Å². The van der Waals surface area contributed by atoms with Gasteiger partial charge in [0.15, 0.2) is 0 Å². The fourth-order valence-corrected chi connectivity index (χ4v) is 4.55. The van der Waals surface area contributed by atoms with Crippen LogP contribution in [0.15, 0.2) is 67.3 Å². The van der Waals surface area contributed by atoms with Crippen LogP contribution in [0.4, 0.5) is 0 Å². The lowest BCUT2D eigenvalue weighted by Crippen LogP contribution is -2.45. The Hall–Kier alpha value is -2.69. The Balaban J connectivity index is 1.95. The van der Waals surface area contributed by atoms with Crippen LogP contribution in [-0.4, -0.2) is 22.4 Å². The minimum absolute atomic E-state index is 0.103. The molecule has 0 unspecified atom stereocenters. The summed E-state index contributed by atoms with van der Waals surface area (Å²) in [5.74, 6) is 0. The molecule has 1 radical (unpaired) electrons. The zero-order valence-corrected chi connectivity index (χ0v) is 24.4. The first kappa shape index (κ1) is 27.4. The van der Waals surface area contributed by atoms with Crippen molar-refractivity contribution in [1.29, 1.82) is 0 Å². The summed E-state index contributed by atoms with van der Waals surface area (Å²) < 4.78 is 8.34. The summed E-state index contributed by atoms with van der Waals surface area (Å²) in [6.45, 7) is 21.2. The summed E-state index contributed by atoms with van der Waals surface area (Å²) >= 11 is 4.74. The Morgan fingerprint density at radius 1 is 0.892 bits per heavy atom. The zero-order valence-electron chi connectivity index (χ0n) is 23.5. The number of aromatic nitrogens is 1. The SMILES string of the molecule is C=Cc1ccc2c3cc([B]OC(C)(C)C(C)(C)S)ccc3n(-c3ccc(C(C)(C)C)cc3)c2c1/C=C\C. The molecule has 37 heavy (non-hydrogen) atoms. The van der Waals surface area contributed by atoms with Crippen LogP contribution >= 0.6 is 12.6 Å². The average Bonchev–Trinajstić information content (AvgIpc) is 3.16. The molecule has 4 rings (SSSR count). The predicted octanol–water partition coefficient (Wildman–Crippen LogP) is 8.51. The third kappa shape index (κ3) is 5.19. The minimum Gasteiger partial charge on any atom is -0.428 e. The second-order valence-corrected chi connectivity index (χ2v) is 13.0. The van der Waals surface area contributed by atoms with E-state index in [2.05, 4.69) is 133 Å². The molecule has 0 aliphatic heterocycles. The van der Waals surface area contributed by atoms with E-state index in [0.29, 0.717) is 0 Å². The molecule has 1 aromatic heterocycles. The van der Waals surface area contributed by atoms with Gasteiger partial charge in [0.1, 0.15) is 0 Å². The number of allylic oxidation sites excluding steroid dienone is 1. The van der Waals surface area contributed by atoms with Gasteiger partial charge in [-0.25, -0.2) is 0 Å². The second-order valence-electron chi connectivity index (χ2n) is 11.9. The molecular weight excluding hydrogens is 469 g/mol. The van der Waals surface area contributed by atoms with Crippen LogP contribution in [-0.2, 0) is 10.1 Å². The van der Waals surface area contributed by atoms with Crippen molar-refractivity contribution in [3.8, 4) is 5.69 Å². The lowest BCUT2D eigenvalue weighted by atomic mass is 9.83. The van der Waals surface area contributed by atoms with Crippen molar-refractivity contribution < 1.29 is 4.65 Å². The number of fused-ring (bicyclic) bond motifs is 3. The summed E-state index contributed by atoms with van der Waals surface area (Å²) in [7, 11) is 1.86. The summed E-state index contributed by atoms with van der Waals surface area (Å²) in [5, 5.41) is 2.40. The first-order valence-electron chi connectivity index (χ1n) is 13.0. The van der Waals surface area contributed by atoms with E-state index in [-0.39, 0.29) is 10.2 Å². The molecule has 0 N–H and O–H groups in total. The van der Waals surface area contributed by atoms with Gasteiger partial charge in [-0.15, -0.1) is 0 Å². The van der Waals surface area contributed by atoms with Gasteiger partial charge in [-0.05, 0) is 69.4 Å². The number of nitrogens with zero attached hydrogens (tertiary/aromatic N) is 1. The van der Waals surface area contributed by atoms with Gasteiger partial charge in [0.05, 0.1) is 16.6 Å². The van der Waals surface area contributed by atoms with Gasteiger partial charge >= 0.3 is 7.48 Å². The van der Waals surface area contributed by atoms with Crippen LogP contribution in [0.25, 0.3) is 39.6 Å². The molecule has 0 aliphatic rings. The lowest BCUT2D eigenvalue weighted by Gasteiger charge is -2.38. The smallest absolute Gasteiger partial charge is 0.330 e. The molecule has 4 aromatic rings. The van der Waals surface area contributed by atoms with E-state index >= 15 is 0 Å². The third-order valence-corrected chi connectivity index (χ3v) is 8.07. The van der Waals surface area contributed by atoms with Crippen molar-refractivity contribution in [1.82, 2.24) is 4.57 Å². The van der Waals surface area contributed by atoms with Gasteiger partial charge in [0.25, 0.3) is 0 Å². The maximum atomic E-state index is 6.24. The van der Waals surface area contributed by atoms with Crippen molar-refractivity contribution in [2.75, 3.05) is 0 Å². The van der Waals surface area contributed by atoms with E-state index in [1.807, 2.05) is 13.6 Å². The maximum absolute atomic E-state index is 6.24. The highest BCUT2D eigenvalue weighted by molar-refractivity contribution is 7.81. The number of hydrogen-bond donors (Lipinski definition) is 1. The minimum atomic E-state index is -0.425. The van der Waals surface area contributed by atoms with Crippen LogP contribution in [0.3, 0.4) is 0 Å². The molecule has 0 amide bonds. The van der Waals surface area contributed by atoms with Crippen LogP contribution in [0.5, 0.6) is 0 Å². The van der Waals surface area contributed by atoms with Gasteiger partial charge in [0, 0.05) is 26.8 Å². The molecule has 191 valence electrons. The predicted molar refractivity (Wildman–Crippen MR) is 168 cm³/mol. The first-order valence-corrected chi connectivity index (χ1v) is 13.4. The van der Waals surface area contributed by atoms with Gasteiger partial charge in [-0.1, -0.05) is 87.4 Å². The number of thiol groups is 1. The van der Waals surface area contributed by atoms with Crippen molar-refractivity contribution in [2.24, 2.45) is 0 Å². The molecule has 0 fully saturated rings. The van der Waals surface area contributed by atoms with Crippen molar-refractivity contribution in [2.45, 2.75) is 71.2 Å². The Morgan fingerprint density at radius 3 is 2.14 bits per heavy atom. The third-order valence-electron chi connectivity index (χ3n) is 7.53. The summed E-state index contributed by atoms with van der Waals surface area (Å²) in [5.41, 5.74) is 7.81. The summed E-state index contributed by atoms with van der Waals surface area (Å²) in [4.78, 5) is 0. The van der Waals surface area contributed by atoms with Gasteiger partial charge < -0.3 is 9.22 Å². The Kier molecular flexibility index (Phi) is 7.31. The van der Waals surface area contributed by atoms with Crippen molar-refractivity contribution in [3.05, 3.63) is 83.9 Å². The summed E-state index contributed by atoms with van der Waals surface area (Å²) in [6.07, 6.45) is 6.22. The molecule has 0 aliphatic carbocycles. The fraction of sp³-hybridized carbons (Fsp3) is 0.333. The van der Waals surface area contributed by atoms with Gasteiger partial charge in [-0.2, -0.15) is 12.6 Å². The van der Waals surface area contributed by atoms with Crippen molar-refractivity contribution in [3.63, 3.8) is 0 Å². The normalized spacial score (nSPS) is 13.1. The van der Waals surface area contributed by atoms with Crippen molar-refractivity contribution >= 4 is 59.5 Å². The van der Waals surface area contributed by atoms with E-state index in [1.165, 1.54) is 27.4 Å². The zero-order chi connectivity index (χ0) is 27.2. The topological polar surface area (TPSA) is 14.2 Å². The Labute approximate surface area is 229 Å². The summed E-state index contributed by atoms with van der Waals surface area (Å²) in [6, 6.07) is 19.9. The average molecular weight is 509 g/mol. The quantitative estimate of drug-likeness (QED) is 0.195. The molecule has 0 spiro atoms. The fourth-order valence-electron chi connectivity index (χ4n) is 4.50. The van der Waals surface area contributed by atoms with Gasteiger partial charge in [0.2, 0.25) is 0 Å². The van der Waals surface area contributed by atoms with E-state index in [0.717, 1.165) is 22.2 Å². The molecule has 0 saturated heterocycles. The molecule has 0 bridgehead atoms. The highest BCUT2D eigenvalue weighted by atomic mass is 32.1. The molecular formula is C33H39BNOS. The largest absolute Gasteiger partial charge is 0.428 e. The van der Waals surface area contributed by atoms with E-state index in [1.54, 1.807) is 0 Å². The maximum Gasteiger partial charge on any atom is 0.330 e. The van der Waals surface area contributed by atoms with Crippen LogP contribution in [0.1, 0.15) is 72.1 Å². The van der Waals surface area contributed by atoms with Crippen LogP contribution in [0, 0.1) is 0 Å². The van der Waals surface area contributed by atoms with Gasteiger partial charge in [-0.3, -0.25) is 0 Å². The number of rotatable bonds is 7. The van der Waals surface area contributed by atoms with E-state index in [9.17, 15) is 0 Å². The molecule has 3 aromatic carbocycles. The molecule has 2 nitrogen and oxygen atoms in total. The van der Waals surface area contributed by atoms with E-state index in [4.69, 9.17) is 17.3 Å². The first-order chi connectivity index (χ1) is 17.3. The number of benzene rings is 3. The van der Waals surface area contributed by atoms with Crippen LogP contribution in [0.2, 0.25) is 0 Å².